The van der Waals surface area contributed by atoms with Crippen LogP contribution in [0.2, 0.25) is 0 Å². The molecule has 0 aliphatic rings. The van der Waals surface area contributed by atoms with Crippen molar-refractivity contribution in [1.29, 1.82) is 0 Å². The highest BCUT2D eigenvalue weighted by Crippen LogP contribution is 2.26. The van der Waals surface area contributed by atoms with E-state index in [0.29, 0.717) is 5.69 Å². The van der Waals surface area contributed by atoms with E-state index in [-0.39, 0.29) is 16.9 Å². The predicted molar refractivity (Wildman–Crippen MR) is 43.7 cm³/mol. The Labute approximate surface area is 81.7 Å². The summed E-state index contributed by atoms with van der Waals surface area (Å²) in [5, 5.41) is -2.10. The quantitative estimate of drug-likeness (QED) is 0.538. The number of thioether (sulfide) groups is 1. The van der Waals surface area contributed by atoms with Gasteiger partial charge in [-0.1, -0.05) is 0 Å². The Morgan fingerprint density at radius 1 is 1.50 bits per heavy atom. The van der Waals surface area contributed by atoms with Crippen molar-refractivity contribution >= 4 is 16.9 Å². The molecule has 0 saturated carbocycles. The van der Waals surface area contributed by atoms with Gasteiger partial charge in [0.15, 0.2) is 5.16 Å². The molecule has 0 aromatic carbocycles. The van der Waals surface area contributed by atoms with Crippen LogP contribution in [0.4, 0.5) is 13.2 Å². The van der Waals surface area contributed by atoms with Crippen molar-refractivity contribution in [2.24, 2.45) is 0 Å². The van der Waals surface area contributed by atoms with E-state index in [9.17, 15) is 18.0 Å². The third-order valence-corrected chi connectivity index (χ3v) is 1.98. The summed E-state index contributed by atoms with van der Waals surface area (Å²) in [6.07, 6.45) is -3.55. The van der Waals surface area contributed by atoms with E-state index < -0.39 is 11.3 Å². The fourth-order valence-corrected chi connectivity index (χ4v) is 1.20. The van der Waals surface area contributed by atoms with Crippen LogP contribution in [0.15, 0.2) is 17.4 Å². The number of carbonyl (C=O) groups is 1. The molecule has 7 heteroatoms. The van der Waals surface area contributed by atoms with Gasteiger partial charge in [-0.3, -0.25) is 4.79 Å². The van der Waals surface area contributed by atoms with E-state index >= 15 is 0 Å². The molecule has 1 aromatic heterocycles. The topological polar surface area (TPSA) is 42.9 Å². The van der Waals surface area contributed by atoms with Gasteiger partial charge in [0.2, 0.25) is 0 Å². The van der Waals surface area contributed by atoms with Crippen LogP contribution in [0.5, 0.6) is 0 Å². The Morgan fingerprint density at radius 2 is 2.14 bits per heavy atom. The summed E-state index contributed by atoms with van der Waals surface area (Å²) in [4.78, 5) is 17.7. The van der Waals surface area contributed by atoms with Gasteiger partial charge in [0.05, 0.1) is 0 Å². The molecule has 1 heterocycles. The van der Waals surface area contributed by atoms with Crippen LogP contribution in [-0.4, -0.2) is 21.3 Å². The first-order valence-corrected chi connectivity index (χ1v) is 4.30. The van der Waals surface area contributed by atoms with E-state index in [4.69, 9.17) is 0 Å². The summed E-state index contributed by atoms with van der Waals surface area (Å²) in [6.45, 7) is 1.60. The minimum Gasteiger partial charge on any atom is -0.276 e. The maximum atomic E-state index is 11.8. The summed E-state index contributed by atoms with van der Waals surface area (Å²) in [7, 11) is 0. The largest absolute Gasteiger partial charge is 0.461 e. The molecule has 14 heavy (non-hydrogen) atoms. The minimum atomic E-state index is -4.85. The lowest BCUT2D eigenvalue weighted by Crippen LogP contribution is -2.19. The molecule has 0 bridgehead atoms. The predicted octanol–water partition coefficient (Wildman–Crippen LogP) is 1.97. The zero-order chi connectivity index (χ0) is 10.8. The number of halogens is 3. The first-order chi connectivity index (χ1) is 6.39. The third-order valence-electron chi connectivity index (χ3n) is 1.19. The molecule has 0 saturated heterocycles. The average Bonchev–Trinajstić information content (AvgIpc) is 2.02. The molecule has 1 aromatic rings. The summed E-state index contributed by atoms with van der Waals surface area (Å²) in [6, 6.07) is 1.53. The van der Waals surface area contributed by atoms with Gasteiger partial charge in [-0.2, -0.15) is 13.2 Å². The van der Waals surface area contributed by atoms with Gasteiger partial charge in [0.1, 0.15) is 0 Å². The molecule has 0 N–H and O–H groups in total. The van der Waals surface area contributed by atoms with Gasteiger partial charge in [-0.25, -0.2) is 9.97 Å². The molecule has 0 amide bonds. The molecule has 0 aliphatic carbocycles. The van der Waals surface area contributed by atoms with Crippen molar-refractivity contribution in [2.75, 3.05) is 0 Å². The Kier molecular flexibility index (Phi) is 3.10. The summed E-state index contributed by atoms with van der Waals surface area (Å²) in [5.41, 5.74) is 0.512. The Hall–Kier alpha value is -1.11. The Bertz CT molecular complexity index is 353. The highest BCUT2D eigenvalue weighted by Gasteiger charge is 2.39. The fraction of sp³-hybridized carbons (Fsp3) is 0.286. The molecule has 0 unspecified atom stereocenters. The summed E-state index contributed by atoms with van der Waals surface area (Å²) < 4.78 is 35.4. The number of aryl methyl sites for hydroxylation is 1. The number of hydrogen-bond acceptors (Lipinski definition) is 4. The van der Waals surface area contributed by atoms with Gasteiger partial charge in [0.25, 0.3) is 0 Å². The SMILES string of the molecule is Cc1ccnc(SC(=O)C(F)(F)F)n1. The normalized spacial score (nSPS) is 11.4. The lowest BCUT2D eigenvalue weighted by molar-refractivity contribution is -0.160. The molecule has 0 radical (unpaired) electrons. The van der Waals surface area contributed by atoms with Crippen LogP contribution in [0.1, 0.15) is 5.69 Å². The van der Waals surface area contributed by atoms with E-state index in [1.165, 1.54) is 12.3 Å². The minimum absolute atomic E-state index is 0.0214. The molecule has 0 aliphatic heterocycles. The molecule has 0 atom stereocenters. The number of carbonyl (C=O) groups excluding carboxylic acids is 1. The summed E-state index contributed by atoms with van der Waals surface area (Å²) in [5.74, 6) is 0. The van der Waals surface area contributed by atoms with Crippen LogP contribution in [0, 0.1) is 6.92 Å². The number of nitrogens with zero attached hydrogens (tertiary/aromatic N) is 2. The molecule has 0 fully saturated rings. The van der Waals surface area contributed by atoms with Crippen LogP contribution in [-0.2, 0) is 4.79 Å². The number of aromatic nitrogens is 2. The molecular weight excluding hydrogens is 217 g/mol. The highest BCUT2D eigenvalue weighted by atomic mass is 32.2. The second-order valence-corrected chi connectivity index (χ2v) is 3.31. The van der Waals surface area contributed by atoms with Gasteiger partial charge >= 0.3 is 11.3 Å². The maximum absolute atomic E-state index is 11.8. The highest BCUT2D eigenvalue weighted by molar-refractivity contribution is 8.13. The number of rotatable bonds is 1. The van der Waals surface area contributed by atoms with Gasteiger partial charge < -0.3 is 0 Å². The molecule has 0 spiro atoms. The lowest BCUT2D eigenvalue weighted by Gasteiger charge is -2.02. The van der Waals surface area contributed by atoms with Crippen molar-refractivity contribution < 1.29 is 18.0 Å². The van der Waals surface area contributed by atoms with E-state index in [1.807, 2.05) is 0 Å². The smallest absolute Gasteiger partial charge is 0.276 e. The summed E-state index contributed by atoms with van der Waals surface area (Å²) >= 11 is -0.0214. The van der Waals surface area contributed by atoms with E-state index in [0.717, 1.165) is 0 Å². The second kappa shape index (κ2) is 3.95. The molecule has 1 rings (SSSR count). The maximum Gasteiger partial charge on any atom is 0.461 e. The van der Waals surface area contributed by atoms with Crippen molar-refractivity contribution in [3.8, 4) is 0 Å². The van der Waals surface area contributed by atoms with Gasteiger partial charge in [-0.05, 0) is 24.8 Å². The first-order valence-electron chi connectivity index (χ1n) is 3.48. The Balaban J connectivity index is 2.75. The third kappa shape index (κ3) is 2.99. The zero-order valence-electron chi connectivity index (χ0n) is 7.00. The van der Waals surface area contributed by atoms with Crippen molar-refractivity contribution in [1.82, 2.24) is 9.97 Å². The average molecular weight is 222 g/mol. The standard InChI is InChI=1S/C7H5F3N2OS/c1-4-2-3-11-6(12-4)14-5(13)7(8,9)10/h2-3H,1H3. The number of alkyl halides is 3. The van der Waals surface area contributed by atoms with Gasteiger partial charge in [0, 0.05) is 11.9 Å². The molecule has 3 nitrogen and oxygen atoms in total. The van der Waals surface area contributed by atoms with Crippen LogP contribution in [0.3, 0.4) is 0 Å². The lowest BCUT2D eigenvalue weighted by atomic mass is 10.5. The Morgan fingerprint density at radius 3 is 2.64 bits per heavy atom. The van der Waals surface area contributed by atoms with Crippen molar-refractivity contribution in [3.63, 3.8) is 0 Å². The zero-order valence-corrected chi connectivity index (χ0v) is 7.82. The van der Waals surface area contributed by atoms with Crippen LogP contribution in [0.25, 0.3) is 0 Å². The molecular formula is C7H5F3N2OS. The van der Waals surface area contributed by atoms with Crippen LogP contribution < -0.4 is 0 Å². The number of hydrogen-bond donors (Lipinski definition) is 0. The van der Waals surface area contributed by atoms with Crippen LogP contribution >= 0.6 is 11.8 Å². The monoisotopic (exact) mass is 222 g/mol. The first kappa shape index (κ1) is 11.0. The molecule has 76 valence electrons. The second-order valence-electron chi connectivity index (χ2n) is 2.37. The van der Waals surface area contributed by atoms with Gasteiger partial charge in [-0.15, -0.1) is 0 Å². The van der Waals surface area contributed by atoms with Crippen molar-refractivity contribution in [3.05, 3.63) is 18.0 Å². The fourth-order valence-electron chi connectivity index (χ4n) is 0.616. The van der Waals surface area contributed by atoms with Crippen molar-refractivity contribution in [2.45, 2.75) is 18.3 Å². The van der Waals surface area contributed by atoms with E-state index in [2.05, 4.69) is 9.97 Å². The van der Waals surface area contributed by atoms with E-state index in [1.54, 1.807) is 6.92 Å².